The van der Waals surface area contributed by atoms with Gasteiger partial charge in [-0.05, 0) is 11.6 Å². The van der Waals surface area contributed by atoms with Gasteiger partial charge in [-0.3, -0.25) is 4.79 Å². The average Bonchev–Trinajstić information content (AvgIpc) is 2.38. The van der Waals surface area contributed by atoms with Crippen LogP contribution in [0.5, 0.6) is 0 Å². The summed E-state index contributed by atoms with van der Waals surface area (Å²) in [5.74, 6) is 0.0822. The topological polar surface area (TPSA) is 34.4 Å². The number of hydrogen-bond acceptors (Lipinski definition) is 1. The summed E-state index contributed by atoms with van der Waals surface area (Å²) in [4.78, 5) is 13.6. The van der Waals surface area contributed by atoms with Crippen molar-refractivity contribution in [3.8, 4) is 0 Å². The van der Waals surface area contributed by atoms with E-state index in [4.69, 9.17) is 0 Å². The van der Waals surface area contributed by atoms with Crippen LogP contribution >= 0.6 is 0 Å². The monoisotopic (exact) mass is 215 g/mol. The lowest BCUT2D eigenvalue weighted by atomic mass is 10.2. The summed E-state index contributed by atoms with van der Waals surface area (Å²) in [6.45, 7) is 3.03. The van der Waals surface area contributed by atoms with Gasteiger partial charge in [0, 0.05) is 32.3 Å². The van der Waals surface area contributed by atoms with Gasteiger partial charge in [-0.15, -0.1) is 0 Å². The first kappa shape index (κ1) is 10.9. The molecule has 1 amide bonds. The Labute approximate surface area is 95.8 Å². The standard InChI is InChI=1S/C13H15N2O/c16-13(15-10-8-14-9-11-15)7-6-12-4-2-1-3-5-12/h1-7H,8-11H2. The van der Waals surface area contributed by atoms with Gasteiger partial charge in [-0.1, -0.05) is 30.3 Å². The second-order valence-corrected chi connectivity index (χ2v) is 3.74. The van der Waals surface area contributed by atoms with Gasteiger partial charge in [0.1, 0.15) is 0 Å². The van der Waals surface area contributed by atoms with E-state index in [2.05, 4.69) is 5.32 Å². The fourth-order valence-corrected chi connectivity index (χ4v) is 1.66. The van der Waals surface area contributed by atoms with Crippen LogP contribution in [0.1, 0.15) is 5.56 Å². The third-order valence-electron chi connectivity index (χ3n) is 2.59. The van der Waals surface area contributed by atoms with E-state index < -0.39 is 0 Å². The minimum atomic E-state index is 0.0822. The number of carbonyl (C=O) groups excluding carboxylic acids is 1. The van der Waals surface area contributed by atoms with Crippen molar-refractivity contribution in [2.75, 3.05) is 26.2 Å². The molecule has 0 unspecified atom stereocenters. The van der Waals surface area contributed by atoms with Crippen LogP contribution in [0.4, 0.5) is 0 Å². The van der Waals surface area contributed by atoms with Crippen molar-refractivity contribution in [1.29, 1.82) is 0 Å². The molecule has 83 valence electrons. The molecule has 0 saturated carbocycles. The minimum absolute atomic E-state index is 0.0822. The van der Waals surface area contributed by atoms with Gasteiger partial charge in [0.2, 0.25) is 5.91 Å². The fraction of sp³-hybridized carbons (Fsp3) is 0.308. The SMILES string of the molecule is O=C(C=Cc1ccccc1)N1CC[N]CC1. The number of amides is 1. The third-order valence-corrected chi connectivity index (χ3v) is 2.59. The molecule has 0 aliphatic carbocycles. The van der Waals surface area contributed by atoms with Gasteiger partial charge < -0.3 is 4.90 Å². The van der Waals surface area contributed by atoms with Gasteiger partial charge in [-0.2, -0.15) is 0 Å². The van der Waals surface area contributed by atoms with Crippen LogP contribution in [-0.2, 0) is 4.79 Å². The van der Waals surface area contributed by atoms with Crippen LogP contribution in [0.2, 0.25) is 0 Å². The summed E-state index contributed by atoms with van der Waals surface area (Å²) in [6, 6.07) is 9.85. The number of nitrogens with zero attached hydrogens (tertiary/aromatic N) is 2. The van der Waals surface area contributed by atoms with Gasteiger partial charge in [0.25, 0.3) is 0 Å². The average molecular weight is 215 g/mol. The lowest BCUT2D eigenvalue weighted by Crippen LogP contribution is -2.43. The Balaban J connectivity index is 1.93. The lowest BCUT2D eigenvalue weighted by Gasteiger charge is -2.25. The number of rotatable bonds is 2. The molecule has 16 heavy (non-hydrogen) atoms. The first-order valence-electron chi connectivity index (χ1n) is 5.51. The highest BCUT2D eigenvalue weighted by Crippen LogP contribution is 2.02. The molecule has 1 fully saturated rings. The summed E-state index contributed by atoms with van der Waals surface area (Å²) in [5, 5.41) is 4.21. The first-order valence-corrected chi connectivity index (χ1v) is 5.51. The predicted octanol–water partition coefficient (Wildman–Crippen LogP) is 1.15. The van der Waals surface area contributed by atoms with Crippen molar-refractivity contribution < 1.29 is 4.79 Å². The maximum atomic E-state index is 11.8. The molecule has 0 bridgehead atoms. The highest BCUT2D eigenvalue weighted by Gasteiger charge is 2.13. The lowest BCUT2D eigenvalue weighted by molar-refractivity contribution is -0.126. The second kappa shape index (κ2) is 5.47. The Hall–Kier alpha value is -1.61. The molecule has 1 heterocycles. The molecule has 2 rings (SSSR count). The largest absolute Gasteiger partial charge is 0.336 e. The molecule has 3 nitrogen and oxygen atoms in total. The van der Waals surface area contributed by atoms with Crippen molar-refractivity contribution >= 4 is 12.0 Å². The molecule has 1 saturated heterocycles. The Morgan fingerprint density at radius 2 is 1.88 bits per heavy atom. The van der Waals surface area contributed by atoms with Gasteiger partial charge in [-0.25, -0.2) is 5.32 Å². The highest BCUT2D eigenvalue weighted by atomic mass is 16.2. The highest BCUT2D eigenvalue weighted by molar-refractivity contribution is 5.91. The third kappa shape index (κ3) is 2.94. The molecule has 0 N–H and O–H groups in total. The molecule has 1 aliphatic rings. The fourth-order valence-electron chi connectivity index (χ4n) is 1.66. The van der Waals surface area contributed by atoms with E-state index in [1.807, 2.05) is 41.3 Å². The summed E-state index contributed by atoms with van der Waals surface area (Å²) in [7, 11) is 0. The molecule has 1 aromatic carbocycles. The smallest absolute Gasteiger partial charge is 0.246 e. The molecule has 0 spiro atoms. The quantitative estimate of drug-likeness (QED) is 0.681. The molecular formula is C13H15N2O. The number of carbonyl (C=O) groups is 1. The van der Waals surface area contributed by atoms with Crippen molar-refractivity contribution in [2.45, 2.75) is 0 Å². The number of piperazine rings is 1. The van der Waals surface area contributed by atoms with E-state index in [0.717, 1.165) is 31.7 Å². The zero-order valence-electron chi connectivity index (χ0n) is 9.17. The maximum Gasteiger partial charge on any atom is 0.246 e. The molecule has 1 aromatic rings. The minimum Gasteiger partial charge on any atom is -0.336 e. The van der Waals surface area contributed by atoms with E-state index in [1.165, 1.54) is 0 Å². The summed E-state index contributed by atoms with van der Waals surface area (Å²) in [6.07, 6.45) is 3.49. The number of hydrogen-bond donors (Lipinski definition) is 0. The first-order chi connectivity index (χ1) is 7.86. The van der Waals surface area contributed by atoms with Crippen molar-refractivity contribution in [3.63, 3.8) is 0 Å². The summed E-state index contributed by atoms with van der Waals surface area (Å²) >= 11 is 0. The summed E-state index contributed by atoms with van der Waals surface area (Å²) in [5.41, 5.74) is 1.05. The van der Waals surface area contributed by atoms with E-state index in [0.29, 0.717) is 0 Å². The molecule has 3 heteroatoms. The van der Waals surface area contributed by atoms with Crippen LogP contribution in [0.25, 0.3) is 6.08 Å². The van der Waals surface area contributed by atoms with E-state index >= 15 is 0 Å². The van der Waals surface area contributed by atoms with Gasteiger partial charge in [0.15, 0.2) is 0 Å². The van der Waals surface area contributed by atoms with Crippen LogP contribution in [0.3, 0.4) is 0 Å². The maximum absolute atomic E-state index is 11.8. The van der Waals surface area contributed by atoms with Gasteiger partial charge >= 0.3 is 0 Å². The zero-order chi connectivity index (χ0) is 11.2. The van der Waals surface area contributed by atoms with Crippen LogP contribution in [0.15, 0.2) is 36.4 Å². The second-order valence-electron chi connectivity index (χ2n) is 3.74. The van der Waals surface area contributed by atoms with Crippen LogP contribution < -0.4 is 5.32 Å². The van der Waals surface area contributed by atoms with E-state index in [-0.39, 0.29) is 5.91 Å². The van der Waals surface area contributed by atoms with Gasteiger partial charge in [0.05, 0.1) is 0 Å². The molecule has 0 atom stereocenters. The van der Waals surface area contributed by atoms with Crippen LogP contribution in [-0.4, -0.2) is 37.0 Å². The molecule has 0 aromatic heterocycles. The number of benzene rings is 1. The molecule has 1 aliphatic heterocycles. The predicted molar refractivity (Wildman–Crippen MR) is 63.9 cm³/mol. The Kier molecular flexibility index (Phi) is 3.72. The van der Waals surface area contributed by atoms with E-state index in [9.17, 15) is 4.79 Å². The summed E-state index contributed by atoms with van der Waals surface area (Å²) < 4.78 is 0. The Morgan fingerprint density at radius 1 is 1.19 bits per heavy atom. The Morgan fingerprint density at radius 3 is 2.56 bits per heavy atom. The van der Waals surface area contributed by atoms with Crippen LogP contribution in [0, 0.1) is 0 Å². The molecular weight excluding hydrogens is 200 g/mol. The zero-order valence-corrected chi connectivity index (χ0v) is 9.17. The van der Waals surface area contributed by atoms with Crippen molar-refractivity contribution in [2.24, 2.45) is 0 Å². The Bertz CT molecular complexity index is 367. The normalized spacial score (nSPS) is 16.6. The van der Waals surface area contributed by atoms with Crippen molar-refractivity contribution in [1.82, 2.24) is 10.2 Å². The molecule has 1 radical (unpaired) electrons. The van der Waals surface area contributed by atoms with E-state index in [1.54, 1.807) is 6.08 Å². The van der Waals surface area contributed by atoms with Crippen molar-refractivity contribution in [3.05, 3.63) is 42.0 Å².